The van der Waals surface area contributed by atoms with Gasteiger partial charge in [-0.15, -0.1) is 0 Å². The Bertz CT molecular complexity index is 256. The molecule has 0 radical (unpaired) electrons. The summed E-state index contributed by atoms with van der Waals surface area (Å²) in [5.41, 5.74) is 0. The van der Waals surface area contributed by atoms with E-state index in [0.717, 1.165) is 18.6 Å². The van der Waals surface area contributed by atoms with Crippen molar-refractivity contribution in [1.82, 2.24) is 5.32 Å². The zero-order chi connectivity index (χ0) is 11.8. The molecule has 0 saturated carbocycles. The maximum absolute atomic E-state index is 5.33. The highest BCUT2D eigenvalue weighted by molar-refractivity contribution is 4.98. The van der Waals surface area contributed by atoms with Gasteiger partial charge in [0.05, 0.1) is 6.26 Å². The molecule has 92 valence electrons. The topological polar surface area (TPSA) is 25.2 Å². The first-order chi connectivity index (χ1) is 7.76. The molecule has 2 heteroatoms. The van der Waals surface area contributed by atoms with Gasteiger partial charge in [-0.1, -0.05) is 20.3 Å². The number of nitrogens with one attached hydrogen (secondary N) is 1. The molecular weight excluding hydrogens is 198 g/mol. The van der Waals surface area contributed by atoms with Crippen LogP contribution in [0.15, 0.2) is 22.8 Å². The van der Waals surface area contributed by atoms with Gasteiger partial charge in [-0.3, -0.25) is 0 Å². The Labute approximate surface area is 99.4 Å². The van der Waals surface area contributed by atoms with E-state index >= 15 is 0 Å². The van der Waals surface area contributed by atoms with Crippen LogP contribution in [0, 0.1) is 0 Å². The molecule has 1 aromatic heterocycles. The first kappa shape index (κ1) is 13.3. The van der Waals surface area contributed by atoms with E-state index in [2.05, 4.69) is 32.2 Å². The lowest BCUT2D eigenvalue weighted by Crippen LogP contribution is -2.36. The molecule has 0 aliphatic rings. The van der Waals surface area contributed by atoms with Crippen LogP contribution in [0.3, 0.4) is 0 Å². The van der Waals surface area contributed by atoms with Gasteiger partial charge < -0.3 is 9.73 Å². The molecule has 1 aromatic rings. The molecule has 0 bridgehead atoms. The van der Waals surface area contributed by atoms with E-state index in [0.29, 0.717) is 12.1 Å². The fourth-order valence-electron chi connectivity index (χ4n) is 2.05. The molecule has 0 aromatic carbocycles. The Kier molecular flexibility index (Phi) is 6.24. The van der Waals surface area contributed by atoms with E-state index in [1.54, 1.807) is 6.26 Å². The molecule has 16 heavy (non-hydrogen) atoms. The minimum Gasteiger partial charge on any atom is -0.469 e. The molecule has 0 spiro atoms. The van der Waals surface area contributed by atoms with Crippen LogP contribution in [0.25, 0.3) is 0 Å². The predicted molar refractivity (Wildman–Crippen MR) is 68.6 cm³/mol. The highest BCUT2D eigenvalue weighted by atomic mass is 16.3. The second-order valence-corrected chi connectivity index (χ2v) is 4.58. The van der Waals surface area contributed by atoms with Crippen LogP contribution in [-0.2, 0) is 6.42 Å². The maximum atomic E-state index is 5.33. The summed E-state index contributed by atoms with van der Waals surface area (Å²) in [6.07, 6.45) is 7.69. The number of hydrogen-bond acceptors (Lipinski definition) is 2. The lowest BCUT2D eigenvalue weighted by molar-refractivity contribution is 0.387. The van der Waals surface area contributed by atoms with Crippen LogP contribution in [0.4, 0.5) is 0 Å². The summed E-state index contributed by atoms with van der Waals surface area (Å²) < 4.78 is 5.33. The molecule has 1 N–H and O–H groups in total. The molecular formula is C14H25NO. The Morgan fingerprint density at radius 2 is 2.12 bits per heavy atom. The third-order valence-electron chi connectivity index (χ3n) is 3.05. The fraction of sp³-hybridized carbons (Fsp3) is 0.714. The molecule has 0 saturated heterocycles. The van der Waals surface area contributed by atoms with Gasteiger partial charge in [0.25, 0.3) is 0 Å². The summed E-state index contributed by atoms with van der Waals surface area (Å²) in [5.74, 6) is 1.09. The van der Waals surface area contributed by atoms with Crippen LogP contribution >= 0.6 is 0 Å². The third kappa shape index (κ3) is 4.84. The minimum absolute atomic E-state index is 0.571. The third-order valence-corrected chi connectivity index (χ3v) is 3.05. The van der Waals surface area contributed by atoms with Crippen molar-refractivity contribution in [1.29, 1.82) is 0 Å². The first-order valence-electron chi connectivity index (χ1n) is 6.54. The number of aryl methyl sites for hydroxylation is 1. The quantitative estimate of drug-likeness (QED) is 0.725. The number of rotatable bonds is 8. The van der Waals surface area contributed by atoms with Gasteiger partial charge in [-0.25, -0.2) is 0 Å². The summed E-state index contributed by atoms with van der Waals surface area (Å²) in [7, 11) is 0. The second kappa shape index (κ2) is 7.50. The Hall–Kier alpha value is -0.760. The molecule has 0 amide bonds. The van der Waals surface area contributed by atoms with E-state index in [1.165, 1.54) is 19.3 Å². The molecule has 2 atom stereocenters. The zero-order valence-corrected chi connectivity index (χ0v) is 10.8. The summed E-state index contributed by atoms with van der Waals surface area (Å²) in [6, 6.07) is 5.26. The largest absolute Gasteiger partial charge is 0.469 e. The fourth-order valence-corrected chi connectivity index (χ4v) is 2.05. The van der Waals surface area contributed by atoms with Crippen molar-refractivity contribution in [2.45, 2.75) is 65.0 Å². The lowest BCUT2D eigenvalue weighted by Gasteiger charge is -2.21. The first-order valence-corrected chi connectivity index (χ1v) is 6.54. The van der Waals surface area contributed by atoms with Crippen molar-refractivity contribution in [3.63, 3.8) is 0 Å². The molecule has 1 heterocycles. The van der Waals surface area contributed by atoms with E-state index in [9.17, 15) is 0 Å². The molecule has 0 fully saturated rings. The minimum atomic E-state index is 0.571. The van der Waals surface area contributed by atoms with Crippen molar-refractivity contribution in [3.8, 4) is 0 Å². The number of hydrogen-bond donors (Lipinski definition) is 1. The Morgan fingerprint density at radius 3 is 2.69 bits per heavy atom. The van der Waals surface area contributed by atoms with E-state index in [1.807, 2.05) is 6.07 Å². The SMILES string of the molecule is CCCC(CC)NC(C)CCc1ccco1. The smallest absolute Gasteiger partial charge is 0.103 e. The van der Waals surface area contributed by atoms with Crippen LogP contribution in [0.5, 0.6) is 0 Å². The highest BCUT2D eigenvalue weighted by Crippen LogP contribution is 2.08. The zero-order valence-electron chi connectivity index (χ0n) is 10.8. The van der Waals surface area contributed by atoms with Gasteiger partial charge in [0.15, 0.2) is 0 Å². The molecule has 0 aliphatic heterocycles. The Balaban J connectivity index is 2.21. The van der Waals surface area contributed by atoms with Gasteiger partial charge in [0.2, 0.25) is 0 Å². The van der Waals surface area contributed by atoms with Gasteiger partial charge in [-0.05, 0) is 38.3 Å². The van der Waals surface area contributed by atoms with Crippen LogP contribution in [0.1, 0.15) is 52.2 Å². The van der Waals surface area contributed by atoms with Crippen molar-refractivity contribution in [3.05, 3.63) is 24.2 Å². The van der Waals surface area contributed by atoms with Gasteiger partial charge in [0.1, 0.15) is 5.76 Å². The van der Waals surface area contributed by atoms with E-state index < -0.39 is 0 Å². The standard InChI is InChI=1S/C14H25NO/c1-4-7-13(5-2)15-12(3)9-10-14-8-6-11-16-14/h6,8,11-13,15H,4-5,7,9-10H2,1-3H3. The number of furan rings is 1. The second-order valence-electron chi connectivity index (χ2n) is 4.58. The van der Waals surface area contributed by atoms with Crippen LogP contribution in [-0.4, -0.2) is 12.1 Å². The summed E-state index contributed by atoms with van der Waals surface area (Å²) >= 11 is 0. The molecule has 0 aliphatic carbocycles. The maximum Gasteiger partial charge on any atom is 0.103 e. The van der Waals surface area contributed by atoms with Gasteiger partial charge in [0, 0.05) is 18.5 Å². The summed E-state index contributed by atoms with van der Waals surface area (Å²) in [5, 5.41) is 3.69. The van der Waals surface area contributed by atoms with Gasteiger partial charge >= 0.3 is 0 Å². The molecule has 1 rings (SSSR count). The predicted octanol–water partition coefficient (Wildman–Crippen LogP) is 3.77. The van der Waals surface area contributed by atoms with Crippen molar-refractivity contribution in [2.75, 3.05) is 0 Å². The van der Waals surface area contributed by atoms with Crippen molar-refractivity contribution in [2.24, 2.45) is 0 Å². The molecule has 2 unspecified atom stereocenters. The average Bonchev–Trinajstić information content (AvgIpc) is 2.78. The van der Waals surface area contributed by atoms with Crippen LogP contribution < -0.4 is 5.32 Å². The van der Waals surface area contributed by atoms with Gasteiger partial charge in [-0.2, -0.15) is 0 Å². The monoisotopic (exact) mass is 223 g/mol. The summed E-state index contributed by atoms with van der Waals surface area (Å²) in [4.78, 5) is 0. The van der Waals surface area contributed by atoms with Crippen LogP contribution in [0.2, 0.25) is 0 Å². The van der Waals surface area contributed by atoms with E-state index in [-0.39, 0.29) is 0 Å². The lowest BCUT2D eigenvalue weighted by atomic mass is 10.1. The average molecular weight is 223 g/mol. The summed E-state index contributed by atoms with van der Waals surface area (Å²) in [6.45, 7) is 6.77. The molecule has 2 nitrogen and oxygen atoms in total. The normalized spacial score (nSPS) is 14.9. The Morgan fingerprint density at radius 1 is 1.31 bits per heavy atom. The van der Waals surface area contributed by atoms with E-state index in [4.69, 9.17) is 4.42 Å². The van der Waals surface area contributed by atoms with Crippen molar-refractivity contribution >= 4 is 0 Å². The van der Waals surface area contributed by atoms with Crippen molar-refractivity contribution < 1.29 is 4.42 Å². The highest BCUT2D eigenvalue weighted by Gasteiger charge is 2.09.